The molecule has 1 fully saturated rings. The van der Waals surface area contributed by atoms with Gasteiger partial charge in [0.2, 0.25) is 0 Å². The molecular weight excluding hydrogens is 400 g/mol. The number of nitro groups is 1. The fourth-order valence-corrected chi connectivity index (χ4v) is 4.72. The average Bonchev–Trinajstić information content (AvgIpc) is 2.66. The van der Waals surface area contributed by atoms with Gasteiger partial charge in [0.25, 0.3) is 11.6 Å². The molecule has 0 spiro atoms. The Morgan fingerprint density at radius 3 is 2.66 bits per heavy atom. The van der Waals surface area contributed by atoms with E-state index in [0.717, 1.165) is 0 Å². The van der Waals surface area contributed by atoms with Crippen LogP contribution in [0.25, 0.3) is 0 Å². The third-order valence-electron chi connectivity index (χ3n) is 4.46. The van der Waals surface area contributed by atoms with E-state index in [9.17, 15) is 23.9 Å². The minimum atomic E-state index is -1.36. The molecule has 1 amide bonds. The van der Waals surface area contributed by atoms with Crippen molar-refractivity contribution in [2.75, 3.05) is 19.8 Å². The zero-order valence-corrected chi connectivity index (χ0v) is 16.9. The fraction of sp³-hybridized carbons (Fsp3) is 0.389. The second-order valence-electron chi connectivity index (χ2n) is 6.93. The molecule has 2 aliphatic heterocycles. The lowest BCUT2D eigenvalue weighted by molar-refractivity contribution is -0.384. The van der Waals surface area contributed by atoms with E-state index in [1.165, 1.54) is 35.5 Å². The zero-order chi connectivity index (χ0) is 21.3. The fourth-order valence-electron chi connectivity index (χ4n) is 3.07. The number of esters is 1. The summed E-state index contributed by atoms with van der Waals surface area (Å²) in [6, 6.07) is 4.83. The summed E-state index contributed by atoms with van der Waals surface area (Å²) in [7, 11) is 2.15. The number of non-ortho nitro benzene ring substituents is 1. The van der Waals surface area contributed by atoms with Crippen LogP contribution < -0.4 is 0 Å². The third kappa shape index (κ3) is 4.04. The predicted octanol–water partition coefficient (Wildman–Crippen LogP) is 0.801. The summed E-state index contributed by atoms with van der Waals surface area (Å²) in [5.41, 5.74) is 1.11. The third-order valence-corrected chi connectivity index (χ3v) is 6.18. The Morgan fingerprint density at radius 2 is 2.07 bits per heavy atom. The summed E-state index contributed by atoms with van der Waals surface area (Å²) in [6.45, 7) is 1.53. The van der Waals surface area contributed by atoms with E-state index in [4.69, 9.17) is 4.74 Å². The smallest absolute Gasteiger partial charge is 0.355 e. The highest BCUT2D eigenvalue weighted by atomic mass is 32.2. The molecule has 3 rings (SSSR count). The summed E-state index contributed by atoms with van der Waals surface area (Å²) in [6.07, 6.45) is 1.48. The highest BCUT2D eigenvalue weighted by Crippen LogP contribution is 2.36. The standard InChI is InChI=1S/C18H20N4O6S/c1-11-9-29(27)17-14(19-10-20(2)3)16(23)21(17)15(11)18(24)28-8-12-4-6-13(7-5-12)22(25)26/h4-7,10,14,17H,8-9H2,1-3H3/t14-,17+,29-/m1/s1. The van der Waals surface area contributed by atoms with Crippen molar-refractivity contribution < 1.29 is 23.5 Å². The molecule has 1 aromatic carbocycles. The lowest BCUT2D eigenvalue weighted by Crippen LogP contribution is -2.68. The molecule has 0 saturated carbocycles. The maximum atomic E-state index is 12.6. The van der Waals surface area contributed by atoms with Crippen LogP contribution in [0.15, 0.2) is 40.5 Å². The second-order valence-corrected chi connectivity index (χ2v) is 8.46. The van der Waals surface area contributed by atoms with E-state index >= 15 is 0 Å². The van der Waals surface area contributed by atoms with Crippen molar-refractivity contribution in [1.29, 1.82) is 0 Å². The molecule has 10 nitrogen and oxygen atoms in total. The van der Waals surface area contributed by atoms with Crippen molar-refractivity contribution in [3.8, 4) is 0 Å². The summed E-state index contributed by atoms with van der Waals surface area (Å²) < 4.78 is 17.8. The van der Waals surface area contributed by atoms with E-state index in [2.05, 4.69) is 4.99 Å². The molecule has 2 aliphatic rings. The molecule has 0 radical (unpaired) electrons. The Balaban J connectivity index is 1.73. The predicted molar refractivity (Wildman–Crippen MR) is 105 cm³/mol. The first-order valence-corrected chi connectivity index (χ1v) is 10.1. The summed E-state index contributed by atoms with van der Waals surface area (Å²) in [5.74, 6) is -0.946. The van der Waals surface area contributed by atoms with Crippen molar-refractivity contribution >= 4 is 34.7 Å². The molecule has 0 bridgehead atoms. The van der Waals surface area contributed by atoms with Crippen LogP contribution in [0.1, 0.15) is 12.5 Å². The molecule has 29 heavy (non-hydrogen) atoms. The highest BCUT2D eigenvalue weighted by Gasteiger charge is 2.56. The van der Waals surface area contributed by atoms with Crippen LogP contribution >= 0.6 is 0 Å². The minimum Gasteiger partial charge on any atom is -0.456 e. The molecule has 1 aromatic rings. The van der Waals surface area contributed by atoms with Crippen LogP contribution in [-0.2, 0) is 31.7 Å². The van der Waals surface area contributed by atoms with Crippen molar-refractivity contribution in [2.45, 2.75) is 24.9 Å². The van der Waals surface area contributed by atoms with Gasteiger partial charge < -0.3 is 9.64 Å². The number of β-lactam (4-membered cyclic amide) rings is 1. The first-order chi connectivity index (χ1) is 13.7. The Labute approximate surface area is 169 Å². The Kier molecular flexibility index (Phi) is 5.78. The Bertz CT molecular complexity index is 940. The minimum absolute atomic E-state index is 0.0632. The number of benzene rings is 1. The molecule has 0 unspecified atom stereocenters. The van der Waals surface area contributed by atoms with Crippen molar-refractivity contribution in [1.82, 2.24) is 9.80 Å². The van der Waals surface area contributed by atoms with Crippen LogP contribution in [0.3, 0.4) is 0 Å². The maximum Gasteiger partial charge on any atom is 0.355 e. The van der Waals surface area contributed by atoms with Gasteiger partial charge >= 0.3 is 5.97 Å². The molecule has 0 aromatic heterocycles. The molecule has 2 heterocycles. The molecule has 0 N–H and O–H groups in total. The first kappa shape index (κ1) is 20.6. The van der Waals surface area contributed by atoms with Gasteiger partial charge in [0.1, 0.15) is 17.7 Å². The maximum absolute atomic E-state index is 12.6. The number of fused-ring (bicyclic) bond motifs is 1. The van der Waals surface area contributed by atoms with Crippen LogP contribution in [0.2, 0.25) is 0 Å². The number of ether oxygens (including phenoxy) is 1. The van der Waals surface area contributed by atoms with Crippen molar-refractivity contribution in [3.05, 3.63) is 51.2 Å². The number of aliphatic imine (C=N–C) groups is 1. The van der Waals surface area contributed by atoms with Gasteiger partial charge in [-0.05, 0) is 30.2 Å². The number of nitrogens with zero attached hydrogens (tertiary/aromatic N) is 4. The molecule has 11 heteroatoms. The quantitative estimate of drug-likeness (QED) is 0.167. The van der Waals surface area contributed by atoms with Crippen LogP contribution in [0, 0.1) is 10.1 Å². The zero-order valence-electron chi connectivity index (χ0n) is 16.1. The Morgan fingerprint density at radius 1 is 1.41 bits per heavy atom. The monoisotopic (exact) mass is 420 g/mol. The summed E-state index contributed by atoms with van der Waals surface area (Å²) in [5, 5.41) is 10.0. The van der Waals surface area contributed by atoms with E-state index in [1.807, 2.05) is 0 Å². The van der Waals surface area contributed by atoms with Crippen LogP contribution in [-0.4, -0.2) is 68.4 Å². The van der Waals surface area contributed by atoms with Crippen molar-refractivity contribution in [3.63, 3.8) is 0 Å². The molecular formula is C18H20N4O6S. The van der Waals surface area contributed by atoms with E-state index in [-0.39, 0.29) is 23.7 Å². The second kappa shape index (κ2) is 8.11. The SMILES string of the molecule is CC1=C(C(=O)OCc2ccc([N+](=O)[O-])cc2)N2C(=O)[C@@H](N=CN(C)C)[C@@H]2[S@](=O)C1. The van der Waals surface area contributed by atoms with Gasteiger partial charge in [0.05, 0.1) is 22.1 Å². The van der Waals surface area contributed by atoms with E-state index < -0.39 is 39.0 Å². The van der Waals surface area contributed by atoms with Crippen LogP contribution in [0.4, 0.5) is 5.69 Å². The topological polar surface area (TPSA) is 122 Å². The van der Waals surface area contributed by atoms with Gasteiger partial charge in [-0.3, -0.25) is 29.0 Å². The number of rotatable bonds is 6. The number of hydrogen-bond donors (Lipinski definition) is 0. The Hall–Kier alpha value is -3.08. The van der Waals surface area contributed by atoms with E-state index in [0.29, 0.717) is 11.1 Å². The number of carbonyl (C=O) groups is 2. The summed E-state index contributed by atoms with van der Waals surface area (Å²) >= 11 is 0. The summed E-state index contributed by atoms with van der Waals surface area (Å²) in [4.78, 5) is 42.4. The van der Waals surface area contributed by atoms with Gasteiger partial charge in [0.15, 0.2) is 6.04 Å². The lowest BCUT2D eigenvalue weighted by Gasteiger charge is -2.47. The average molecular weight is 420 g/mol. The number of amides is 1. The van der Waals surface area contributed by atoms with Gasteiger partial charge in [0, 0.05) is 32.0 Å². The van der Waals surface area contributed by atoms with E-state index in [1.54, 1.807) is 25.9 Å². The molecule has 0 aliphatic carbocycles. The highest BCUT2D eigenvalue weighted by molar-refractivity contribution is 7.86. The molecule has 3 atom stereocenters. The first-order valence-electron chi connectivity index (χ1n) is 8.71. The number of nitro benzene ring substituents is 1. The largest absolute Gasteiger partial charge is 0.456 e. The van der Waals surface area contributed by atoms with Gasteiger partial charge in [-0.1, -0.05) is 0 Å². The molecule has 154 valence electrons. The van der Waals surface area contributed by atoms with Gasteiger partial charge in [-0.15, -0.1) is 0 Å². The van der Waals surface area contributed by atoms with Gasteiger partial charge in [-0.25, -0.2) is 4.79 Å². The number of carbonyl (C=O) groups excluding carboxylic acids is 2. The lowest BCUT2D eigenvalue weighted by atomic mass is 10.0. The number of hydrogen-bond acceptors (Lipinski definition) is 7. The normalized spacial score (nSPS) is 23.6. The molecule has 1 saturated heterocycles. The van der Waals surface area contributed by atoms with Gasteiger partial charge in [-0.2, -0.15) is 0 Å². The van der Waals surface area contributed by atoms with Crippen molar-refractivity contribution in [2.24, 2.45) is 4.99 Å². The van der Waals surface area contributed by atoms with Crippen LogP contribution in [0.5, 0.6) is 0 Å².